The van der Waals surface area contributed by atoms with Gasteiger partial charge in [0.1, 0.15) is 0 Å². The molecule has 0 spiro atoms. The summed E-state index contributed by atoms with van der Waals surface area (Å²) in [7, 11) is 0. The predicted molar refractivity (Wildman–Crippen MR) is 271 cm³/mol. The van der Waals surface area contributed by atoms with Gasteiger partial charge < -0.3 is 31.1 Å². The summed E-state index contributed by atoms with van der Waals surface area (Å²) in [5.74, 6) is -4.06. The first kappa shape index (κ1) is 46.3. The number of nitrogens with one attached hydrogen (secondary N) is 4. The highest BCUT2D eigenvalue weighted by atomic mass is 79.9. The van der Waals surface area contributed by atoms with E-state index in [0.29, 0.717) is 8.95 Å². The molecule has 2 saturated heterocycles. The van der Waals surface area contributed by atoms with Crippen LogP contribution in [0.5, 0.6) is 0 Å². The quantitative estimate of drug-likeness (QED) is 0.0917. The lowest BCUT2D eigenvalue weighted by molar-refractivity contribution is -0.133. The molecule has 0 radical (unpaired) electrons. The smallest absolute Gasteiger partial charge is 0.255 e. The average molecular weight is 1070 g/mol. The topological polar surface area (TPSA) is 157 Å². The summed E-state index contributed by atoms with van der Waals surface area (Å²) in [5, 5.41) is 12.8. The van der Waals surface area contributed by atoms with E-state index in [9.17, 15) is 28.8 Å². The van der Waals surface area contributed by atoms with E-state index in [-0.39, 0.29) is 121 Å². The van der Waals surface area contributed by atoms with Gasteiger partial charge in [0.05, 0.1) is 34.8 Å². The second-order valence-electron chi connectivity index (χ2n) is 20.1. The van der Waals surface area contributed by atoms with Crippen LogP contribution in [0.3, 0.4) is 0 Å². The maximum atomic E-state index is 14.5. The van der Waals surface area contributed by atoms with E-state index in [0.717, 1.165) is 47.9 Å². The van der Waals surface area contributed by atoms with Crippen LogP contribution in [0, 0.1) is 23.7 Å². The van der Waals surface area contributed by atoms with Crippen LogP contribution in [0.2, 0.25) is 0 Å². The van der Waals surface area contributed by atoms with Gasteiger partial charge in [-0.3, -0.25) is 28.8 Å². The van der Waals surface area contributed by atoms with Crippen LogP contribution in [-0.4, -0.2) is 95.6 Å². The lowest BCUT2D eigenvalue weighted by Crippen LogP contribution is -2.43. The van der Waals surface area contributed by atoms with Gasteiger partial charge in [-0.25, -0.2) is 0 Å². The molecule has 4 saturated carbocycles. The summed E-state index contributed by atoms with van der Waals surface area (Å²) in [4.78, 5) is 88.5. The molecule has 6 amide bonds. The number of nitrogens with zero attached hydrogens (tertiary/aromatic N) is 2. The third-order valence-corrected chi connectivity index (χ3v) is 16.8. The van der Waals surface area contributed by atoms with Crippen molar-refractivity contribution in [1.82, 2.24) is 31.1 Å². The van der Waals surface area contributed by atoms with Crippen molar-refractivity contribution in [3.63, 3.8) is 0 Å². The summed E-state index contributed by atoms with van der Waals surface area (Å²) in [5.41, 5.74) is 5.13. The molecule has 4 aliphatic carbocycles. The Balaban J connectivity index is 0.784. The van der Waals surface area contributed by atoms with Crippen molar-refractivity contribution >= 4 is 67.3 Å². The Morgan fingerprint density at radius 3 is 0.829 bits per heavy atom. The van der Waals surface area contributed by atoms with E-state index >= 15 is 0 Å². The summed E-state index contributed by atoms with van der Waals surface area (Å²) < 4.78 is 0.712. The summed E-state index contributed by atoms with van der Waals surface area (Å²) in [6.07, 6.45) is 3.22. The molecule has 5 aromatic carbocycles. The average Bonchev–Trinajstić information content (AvgIpc) is 4.32. The second kappa shape index (κ2) is 19.2. The van der Waals surface area contributed by atoms with Gasteiger partial charge in [-0.05, 0) is 91.9 Å². The maximum absolute atomic E-state index is 14.5. The third kappa shape index (κ3) is 9.69. The molecule has 5 aromatic rings. The van der Waals surface area contributed by atoms with Gasteiger partial charge >= 0.3 is 0 Å². The van der Waals surface area contributed by atoms with Crippen molar-refractivity contribution in [3.05, 3.63) is 176 Å². The minimum atomic E-state index is -0.767. The Bertz CT molecular complexity index is 2500. The fourth-order valence-electron chi connectivity index (χ4n) is 11.1. The molecular formula is C56H54Br2N6O6. The summed E-state index contributed by atoms with van der Waals surface area (Å²) in [6, 6.07) is 43.2. The van der Waals surface area contributed by atoms with Crippen molar-refractivity contribution < 1.29 is 28.8 Å². The Kier molecular flexibility index (Phi) is 12.7. The molecule has 2 heterocycles. The first-order chi connectivity index (χ1) is 34.0. The van der Waals surface area contributed by atoms with Crippen LogP contribution in [0.15, 0.2) is 142 Å². The second-order valence-corrected chi connectivity index (χ2v) is 21.8. The van der Waals surface area contributed by atoms with Crippen molar-refractivity contribution in [2.45, 2.75) is 73.5 Å². The molecule has 0 aromatic heterocycles. The zero-order valence-electron chi connectivity index (χ0n) is 38.4. The lowest BCUT2D eigenvalue weighted by atomic mass is 9.94. The number of carbonyl (C=O) groups is 6. The van der Waals surface area contributed by atoms with Crippen molar-refractivity contribution in [2.75, 3.05) is 26.2 Å². The number of hydrogen-bond acceptors (Lipinski definition) is 6. The van der Waals surface area contributed by atoms with Crippen LogP contribution in [-0.2, 0) is 19.2 Å². The van der Waals surface area contributed by atoms with Crippen LogP contribution < -0.4 is 21.3 Å². The number of amides is 6. The molecule has 70 heavy (non-hydrogen) atoms. The Morgan fingerprint density at radius 2 is 0.600 bits per heavy atom. The first-order valence-electron chi connectivity index (χ1n) is 24.5. The van der Waals surface area contributed by atoms with Crippen molar-refractivity contribution in [2.24, 2.45) is 23.7 Å². The highest BCUT2D eigenvalue weighted by Gasteiger charge is 2.51. The molecule has 6 fully saturated rings. The zero-order chi connectivity index (χ0) is 48.2. The van der Waals surface area contributed by atoms with Crippen LogP contribution in [0.4, 0.5) is 0 Å². The fraction of sp³-hybridized carbons (Fsp3) is 0.357. The minimum Gasteiger partial charge on any atom is -0.352 e. The number of likely N-dealkylation sites (tertiary alicyclic amines) is 2. The molecule has 0 unspecified atom stereocenters. The minimum absolute atomic E-state index is 0.0452. The Hall–Kier alpha value is -6.12. The van der Waals surface area contributed by atoms with Gasteiger partial charge in [0.25, 0.3) is 11.8 Å². The van der Waals surface area contributed by atoms with Crippen molar-refractivity contribution in [3.8, 4) is 0 Å². The number of benzene rings is 5. The molecular weight excluding hydrogens is 1010 g/mol. The molecule has 12 atom stereocenters. The number of halogens is 2. The molecule has 12 nitrogen and oxygen atoms in total. The van der Waals surface area contributed by atoms with E-state index in [1.54, 1.807) is 21.9 Å². The highest BCUT2D eigenvalue weighted by Crippen LogP contribution is 2.45. The number of rotatable bonds is 14. The molecule has 11 rings (SSSR count). The van der Waals surface area contributed by atoms with E-state index < -0.39 is 23.7 Å². The highest BCUT2D eigenvalue weighted by molar-refractivity contribution is 9.11. The third-order valence-electron chi connectivity index (χ3n) is 15.5. The number of carbonyl (C=O) groups excluding carboxylic acids is 6. The van der Waals surface area contributed by atoms with Gasteiger partial charge in [-0.15, -0.1) is 0 Å². The maximum Gasteiger partial charge on any atom is 0.255 e. The van der Waals surface area contributed by atoms with Gasteiger partial charge in [0.2, 0.25) is 23.6 Å². The molecule has 358 valence electrons. The molecule has 6 aliphatic rings. The summed E-state index contributed by atoms with van der Waals surface area (Å²) >= 11 is 7.19. The molecule has 14 heteroatoms. The van der Waals surface area contributed by atoms with E-state index in [4.69, 9.17) is 0 Å². The SMILES string of the molecule is O=C(N[C@H]1C[C@@H]1c1ccccc1)[C@@H]1CN(C(=O)c2cc(Br)c(C(=O)N3C[C@@H](C(=O)N[C@H]4C[C@@H]4c4ccccc4)[C@H](C(=O)N[C@H]4C[C@@H]4c4ccccc4)C3)cc2Br)C[C@H]1C(=O)N[C@H]1C[C@@H]1c1ccccc1. The molecule has 0 bridgehead atoms. The van der Waals surface area contributed by atoms with Crippen LogP contribution in [0.25, 0.3) is 0 Å². The standard InChI is InChI=1S/C56H54Br2N6O6/c57-45-22-40(56(70)64-29-43(53(67)61-49-25-37(49)33-17-9-3-10-18-33)44(30-64)54(68)62-50-26-38(50)34-19-11-4-12-20-34)46(58)21-39(45)55(69)63-27-41(51(65)59-47-23-35(47)31-13-5-1-6-14-31)42(28-63)52(66)60-48-24-36(48)32-15-7-2-8-16-32/h1-22,35-38,41-44,47-50H,23-30H2,(H,59,65)(H,60,66)(H,61,67)(H,62,68)/t35-,36-,37-,38-,41-,42-,43-,44-,47+,48+,49+,50+/m1/s1. The van der Waals surface area contributed by atoms with Gasteiger partial charge in [-0.1, -0.05) is 121 Å². The number of hydrogen-bond donors (Lipinski definition) is 4. The van der Waals surface area contributed by atoms with Gasteiger partial charge in [0, 0.05) is 83.0 Å². The normalized spacial score (nSPS) is 29.1. The zero-order valence-corrected chi connectivity index (χ0v) is 41.6. The molecule has 4 N–H and O–H groups in total. The van der Waals surface area contributed by atoms with Crippen LogP contribution >= 0.6 is 31.9 Å². The monoisotopic (exact) mass is 1060 g/mol. The van der Waals surface area contributed by atoms with Gasteiger partial charge in [0.15, 0.2) is 0 Å². The first-order valence-corrected chi connectivity index (χ1v) is 26.1. The van der Waals surface area contributed by atoms with Gasteiger partial charge in [-0.2, -0.15) is 0 Å². The summed E-state index contributed by atoms with van der Waals surface area (Å²) in [6.45, 7) is 0.181. The van der Waals surface area contributed by atoms with E-state index in [2.05, 4.69) is 102 Å². The predicted octanol–water partition coefficient (Wildman–Crippen LogP) is 7.28. The Morgan fingerprint density at radius 1 is 0.371 bits per heavy atom. The Labute approximate surface area is 424 Å². The fourth-order valence-corrected chi connectivity index (χ4v) is 12.1. The van der Waals surface area contributed by atoms with Crippen LogP contribution in [0.1, 0.15) is 92.3 Å². The largest absolute Gasteiger partial charge is 0.352 e. The molecule has 2 aliphatic heterocycles. The van der Waals surface area contributed by atoms with E-state index in [1.165, 1.54) is 0 Å². The lowest BCUT2D eigenvalue weighted by Gasteiger charge is -2.20. The van der Waals surface area contributed by atoms with Crippen molar-refractivity contribution in [1.29, 1.82) is 0 Å². The van der Waals surface area contributed by atoms with E-state index in [1.807, 2.05) is 72.8 Å².